The molecule has 0 bridgehead atoms. The first-order valence-electron chi connectivity index (χ1n) is 9.49. The molecule has 0 aliphatic carbocycles. The van der Waals surface area contributed by atoms with Gasteiger partial charge in [-0.1, -0.05) is 42.5 Å². The second-order valence-corrected chi connectivity index (χ2v) is 6.97. The number of carboxylic acid groups (broad SMARTS) is 1. The molecule has 28 heavy (non-hydrogen) atoms. The number of hydrogen-bond donors (Lipinski definition) is 2. The summed E-state index contributed by atoms with van der Waals surface area (Å²) in [6, 6.07) is 16.2. The van der Waals surface area contributed by atoms with Crippen LogP contribution in [-0.2, 0) is 11.2 Å². The minimum atomic E-state index is -1.11. The molecule has 0 unspecified atom stereocenters. The Bertz CT molecular complexity index is 843. The maximum Gasteiger partial charge on any atom is 0.336 e. The van der Waals surface area contributed by atoms with Crippen molar-refractivity contribution >= 4 is 17.8 Å². The number of nitrogens with zero attached hydrogens (tertiary/aromatic N) is 1. The van der Waals surface area contributed by atoms with Crippen LogP contribution >= 0.6 is 0 Å². The fourth-order valence-electron chi connectivity index (χ4n) is 3.46. The van der Waals surface area contributed by atoms with Crippen LogP contribution in [0.5, 0.6) is 0 Å². The van der Waals surface area contributed by atoms with Crippen molar-refractivity contribution in [3.05, 3.63) is 71.3 Å². The summed E-state index contributed by atoms with van der Waals surface area (Å²) in [5.41, 5.74) is 1.36. The van der Waals surface area contributed by atoms with Crippen LogP contribution in [0.15, 0.2) is 54.6 Å². The predicted molar refractivity (Wildman–Crippen MR) is 105 cm³/mol. The smallest absolute Gasteiger partial charge is 0.336 e. The van der Waals surface area contributed by atoms with Gasteiger partial charge < -0.3 is 15.3 Å². The number of carbonyl (C=O) groups excluding carboxylic acids is 2. The van der Waals surface area contributed by atoms with Crippen LogP contribution in [0, 0.1) is 0 Å². The van der Waals surface area contributed by atoms with E-state index in [9.17, 15) is 19.5 Å². The molecule has 2 N–H and O–H groups in total. The highest BCUT2D eigenvalue weighted by atomic mass is 16.4. The summed E-state index contributed by atoms with van der Waals surface area (Å²) in [7, 11) is 0. The first-order chi connectivity index (χ1) is 13.5. The Labute approximate surface area is 164 Å². The van der Waals surface area contributed by atoms with E-state index < -0.39 is 5.97 Å². The Morgan fingerprint density at radius 2 is 1.54 bits per heavy atom. The Morgan fingerprint density at radius 3 is 2.18 bits per heavy atom. The van der Waals surface area contributed by atoms with Crippen molar-refractivity contribution < 1.29 is 19.5 Å². The standard InChI is InChI=1S/C22H24N2O4/c25-20(11-10-16-6-2-1-3-7-16)23-17-12-14-24(15-13-17)21(26)18-8-4-5-9-19(18)22(27)28/h1-9,17H,10-15H2,(H,23,25)(H,27,28). The summed E-state index contributed by atoms with van der Waals surface area (Å²) in [6.07, 6.45) is 2.47. The van der Waals surface area contributed by atoms with E-state index in [2.05, 4.69) is 5.32 Å². The number of benzene rings is 2. The molecule has 1 saturated heterocycles. The third-order valence-corrected chi connectivity index (χ3v) is 5.02. The summed E-state index contributed by atoms with van der Waals surface area (Å²) in [5.74, 6) is -1.36. The number of aryl methyl sites for hydroxylation is 1. The Kier molecular flexibility index (Phi) is 6.42. The third kappa shape index (κ3) is 4.97. The van der Waals surface area contributed by atoms with E-state index in [1.165, 1.54) is 6.07 Å². The minimum absolute atomic E-state index is 0.0174. The monoisotopic (exact) mass is 380 g/mol. The van der Waals surface area contributed by atoms with E-state index >= 15 is 0 Å². The molecule has 2 amide bonds. The summed E-state index contributed by atoms with van der Waals surface area (Å²) in [6.45, 7) is 0.993. The maximum absolute atomic E-state index is 12.7. The SMILES string of the molecule is O=C(CCc1ccccc1)NC1CCN(C(=O)c2ccccc2C(=O)O)CC1. The van der Waals surface area contributed by atoms with Crippen LogP contribution in [0.25, 0.3) is 0 Å². The Morgan fingerprint density at radius 1 is 0.929 bits per heavy atom. The predicted octanol–water partition coefficient (Wildman–Crippen LogP) is 2.74. The third-order valence-electron chi connectivity index (χ3n) is 5.02. The number of likely N-dealkylation sites (tertiary alicyclic amines) is 1. The molecule has 0 saturated carbocycles. The van der Waals surface area contributed by atoms with Crippen molar-refractivity contribution in [1.29, 1.82) is 0 Å². The second kappa shape index (κ2) is 9.17. The van der Waals surface area contributed by atoms with Crippen LogP contribution in [-0.4, -0.2) is 46.9 Å². The molecule has 1 fully saturated rings. The van der Waals surface area contributed by atoms with Crippen molar-refractivity contribution in [2.24, 2.45) is 0 Å². The number of hydrogen-bond acceptors (Lipinski definition) is 3. The summed E-state index contributed by atoms with van der Waals surface area (Å²) in [4.78, 5) is 37.9. The van der Waals surface area contributed by atoms with Crippen LogP contribution in [0.4, 0.5) is 0 Å². The molecule has 0 atom stereocenters. The molecule has 2 aromatic carbocycles. The lowest BCUT2D eigenvalue weighted by molar-refractivity contribution is -0.122. The van der Waals surface area contributed by atoms with Crippen LogP contribution in [0.1, 0.15) is 45.5 Å². The lowest BCUT2D eigenvalue weighted by atomic mass is 10.0. The van der Waals surface area contributed by atoms with E-state index in [0.717, 1.165) is 5.56 Å². The Balaban J connectivity index is 1.48. The van der Waals surface area contributed by atoms with Gasteiger partial charge in [-0.3, -0.25) is 9.59 Å². The van der Waals surface area contributed by atoms with Crippen molar-refractivity contribution in [1.82, 2.24) is 10.2 Å². The van der Waals surface area contributed by atoms with Gasteiger partial charge in [-0.05, 0) is 37.0 Å². The first-order valence-corrected chi connectivity index (χ1v) is 9.49. The molecule has 0 aromatic heterocycles. The van der Waals surface area contributed by atoms with Crippen LogP contribution in [0.3, 0.4) is 0 Å². The lowest BCUT2D eigenvalue weighted by Crippen LogP contribution is -2.46. The molecular formula is C22H24N2O4. The number of piperidine rings is 1. The van der Waals surface area contributed by atoms with Gasteiger partial charge in [0.1, 0.15) is 0 Å². The second-order valence-electron chi connectivity index (χ2n) is 6.97. The molecule has 0 radical (unpaired) electrons. The fourth-order valence-corrected chi connectivity index (χ4v) is 3.46. The highest BCUT2D eigenvalue weighted by molar-refractivity contribution is 6.04. The van der Waals surface area contributed by atoms with Crippen molar-refractivity contribution in [2.45, 2.75) is 31.7 Å². The van der Waals surface area contributed by atoms with Gasteiger partial charge in [-0.2, -0.15) is 0 Å². The van der Waals surface area contributed by atoms with Gasteiger partial charge in [0, 0.05) is 25.6 Å². The number of nitrogens with one attached hydrogen (secondary N) is 1. The fraction of sp³-hybridized carbons (Fsp3) is 0.318. The summed E-state index contributed by atoms with van der Waals surface area (Å²) < 4.78 is 0. The van der Waals surface area contributed by atoms with E-state index in [4.69, 9.17) is 0 Å². The van der Waals surface area contributed by atoms with Gasteiger partial charge in [-0.15, -0.1) is 0 Å². The highest BCUT2D eigenvalue weighted by Crippen LogP contribution is 2.17. The molecule has 1 aliphatic heterocycles. The van der Waals surface area contributed by atoms with Crippen LogP contribution < -0.4 is 5.32 Å². The van der Waals surface area contributed by atoms with Crippen LogP contribution in [0.2, 0.25) is 0 Å². The number of aromatic carboxylic acids is 1. The van der Waals surface area contributed by atoms with Crippen molar-refractivity contribution in [3.63, 3.8) is 0 Å². The number of amides is 2. The van der Waals surface area contributed by atoms with Crippen molar-refractivity contribution in [2.75, 3.05) is 13.1 Å². The van der Waals surface area contributed by atoms with Gasteiger partial charge in [-0.25, -0.2) is 4.79 Å². The molecule has 3 rings (SSSR count). The van der Waals surface area contributed by atoms with Gasteiger partial charge in [0.25, 0.3) is 5.91 Å². The van der Waals surface area contributed by atoms with E-state index in [-0.39, 0.29) is 29.0 Å². The molecule has 146 valence electrons. The van der Waals surface area contributed by atoms with Crippen molar-refractivity contribution in [3.8, 4) is 0 Å². The molecule has 1 aliphatic rings. The normalized spacial score (nSPS) is 14.5. The zero-order valence-electron chi connectivity index (χ0n) is 15.6. The maximum atomic E-state index is 12.7. The summed E-state index contributed by atoms with van der Waals surface area (Å²) >= 11 is 0. The average molecular weight is 380 g/mol. The van der Waals surface area contributed by atoms with Gasteiger partial charge in [0.05, 0.1) is 11.1 Å². The topological polar surface area (TPSA) is 86.7 Å². The number of rotatable bonds is 6. The van der Waals surface area contributed by atoms with E-state index in [0.29, 0.717) is 38.8 Å². The number of carbonyl (C=O) groups is 3. The van der Waals surface area contributed by atoms with Gasteiger partial charge in [0.15, 0.2) is 0 Å². The average Bonchev–Trinajstić information content (AvgIpc) is 2.73. The number of carboxylic acids is 1. The summed E-state index contributed by atoms with van der Waals surface area (Å²) in [5, 5.41) is 12.3. The zero-order chi connectivity index (χ0) is 19.9. The molecule has 6 heteroatoms. The van der Waals surface area contributed by atoms with Gasteiger partial charge >= 0.3 is 5.97 Å². The van der Waals surface area contributed by atoms with Gasteiger partial charge in [0.2, 0.25) is 5.91 Å². The molecule has 6 nitrogen and oxygen atoms in total. The zero-order valence-corrected chi connectivity index (χ0v) is 15.6. The molecular weight excluding hydrogens is 356 g/mol. The lowest BCUT2D eigenvalue weighted by Gasteiger charge is -2.32. The quantitative estimate of drug-likeness (QED) is 0.807. The molecule has 2 aromatic rings. The minimum Gasteiger partial charge on any atom is -0.478 e. The first kappa shape index (κ1) is 19.6. The molecule has 1 heterocycles. The highest BCUT2D eigenvalue weighted by Gasteiger charge is 2.26. The molecule has 0 spiro atoms. The van der Waals surface area contributed by atoms with E-state index in [1.807, 2.05) is 30.3 Å². The largest absolute Gasteiger partial charge is 0.478 e. The van der Waals surface area contributed by atoms with E-state index in [1.54, 1.807) is 23.1 Å². The Hall–Kier alpha value is -3.15.